The monoisotopic (exact) mass is 239 g/mol. The lowest BCUT2D eigenvalue weighted by atomic mass is 9.92. The molecule has 17 heavy (non-hydrogen) atoms. The van der Waals surface area contributed by atoms with Crippen molar-refractivity contribution in [1.82, 2.24) is 0 Å². The first-order valence-electron chi connectivity index (χ1n) is 6.40. The highest BCUT2D eigenvalue weighted by Gasteiger charge is 2.19. The van der Waals surface area contributed by atoms with Crippen LogP contribution in [0, 0.1) is 17.6 Å². The first kappa shape index (κ1) is 12.3. The second-order valence-corrected chi connectivity index (χ2v) is 4.85. The van der Waals surface area contributed by atoms with E-state index in [2.05, 4.69) is 11.8 Å². The van der Waals surface area contributed by atoms with Gasteiger partial charge in [-0.1, -0.05) is 19.8 Å². The molecule has 0 spiro atoms. The Balaban J connectivity index is 2.00. The van der Waals surface area contributed by atoms with Gasteiger partial charge < -0.3 is 4.90 Å². The van der Waals surface area contributed by atoms with Crippen molar-refractivity contribution >= 4 is 5.69 Å². The van der Waals surface area contributed by atoms with Gasteiger partial charge in [-0.15, -0.1) is 0 Å². The maximum atomic E-state index is 13.1. The fourth-order valence-corrected chi connectivity index (χ4v) is 2.61. The van der Waals surface area contributed by atoms with Gasteiger partial charge in [-0.3, -0.25) is 0 Å². The van der Waals surface area contributed by atoms with E-state index in [-0.39, 0.29) is 0 Å². The summed E-state index contributed by atoms with van der Waals surface area (Å²) in [4.78, 5) is 2.08. The number of hydrogen-bond acceptors (Lipinski definition) is 1. The molecule has 0 atom stereocenters. The molecule has 0 aromatic heterocycles. The van der Waals surface area contributed by atoms with Crippen LogP contribution in [0.1, 0.15) is 32.6 Å². The Bertz CT molecular complexity index is 350. The first-order valence-corrected chi connectivity index (χ1v) is 6.40. The quantitative estimate of drug-likeness (QED) is 0.771. The molecule has 1 heterocycles. The van der Waals surface area contributed by atoms with Gasteiger partial charge in [0.2, 0.25) is 0 Å². The molecular weight excluding hydrogens is 220 g/mol. The van der Waals surface area contributed by atoms with E-state index in [1.807, 2.05) is 0 Å². The zero-order valence-electron chi connectivity index (χ0n) is 10.3. The van der Waals surface area contributed by atoms with Crippen molar-refractivity contribution in [2.75, 3.05) is 18.0 Å². The topological polar surface area (TPSA) is 3.24 Å². The Morgan fingerprint density at radius 3 is 2.24 bits per heavy atom. The van der Waals surface area contributed by atoms with Crippen LogP contribution in [0.25, 0.3) is 0 Å². The molecule has 1 aliphatic rings. The minimum Gasteiger partial charge on any atom is -0.371 e. The second kappa shape index (κ2) is 5.48. The van der Waals surface area contributed by atoms with Gasteiger partial charge in [-0.25, -0.2) is 8.78 Å². The van der Waals surface area contributed by atoms with Gasteiger partial charge in [0.15, 0.2) is 0 Å². The summed E-state index contributed by atoms with van der Waals surface area (Å²) in [6, 6.07) is 3.76. The molecule has 1 saturated heterocycles. The molecule has 2 rings (SSSR count). The second-order valence-electron chi connectivity index (χ2n) is 4.85. The molecular formula is C14H19F2N. The van der Waals surface area contributed by atoms with Gasteiger partial charge in [-0.05, 0) is 30.9 Å². The molecule has 94 valence electrons. The molecule has 1 nitrogen and oxygen atoms in total. The number of piperidine rings is 1. The highest BCUT2D eigenvalue weighted by Crippen LogP contribution is 2.26. The van der Waals surface area contributed by atoms with Crippen molar-refractivity contribution in [3.05, 3.63) is 29.8 Å². The van der Waals surface area contributed by atoms with E-state index in [9.17, 15) is 8.78 Å². The number of anilines is 1. The summed E-state index contributed by atoms with van der Waals surface area (Å²) >= 11 is 0. The summed E-state index contributed by atoms with van der Waals surface area (Å²) in [5.41, 5.74) is 0.678. The summed E-state index contributed by atoms with van der Waals surface area (Å²) in [5, 5.41) is 0. The third-order valence-corrected chi connectivity index (χ3v) is 3.52. The van der Waals surface area contributed by atoms with Crippen molar-refractivity contribution in [3.63, 3.8) is 0 Å². The number of benzene rings is 1. The largest absolute Gasteiger partial charge is 0.371 e. The molecule has 0 aliphatic carbocycles. The average Bonchev–Trinajstić information content (AvgIpc) is 2.29. The van der Waals surface area contributed by atoms with Crippen LogP contribution >= 0.6 is 0 Å². The molecule has 0 saturated carbocycles. The summed E-state index contributed by atoms with van der Waals surface area (Å²) in [7, 11) is 0. The third-order valence-electron chi connectivity index (χ3n) is 3.52. The highest BCUT2D eigenvalue weighted by molar-refractivity contribution is 5.47. The smallest absolute Gasteiger partial charge is 0.128 e. The minimum atomic E-state index is -0.490. The van der Waals surface area contributed by atoms with Gasteiger partial charge >= 0.3 is 0 Å². The molecule has 0 bridgehead atoms. The van der Waals surface area contributed by atoms with Crippen LogP contribution in [-0.2, 0) is 0 Å². The first-order chi connectivity index (χ1) is 8.19. The molecule has 1 aromatic carbocycles. The highest BCUT2D eigenvalue weighted by atomic mass is 19.1. The SMILES string of the molecule is CCCC1CCN(c2cc(F)cc(F)c2)CC1. The molecule has 0 amide bonds. The van der Waals surface area contributed by atoms with Gasteiger partial charge in [0.1, 0.15) is 11.6 Å². The lowest BCUT2D eigenvalue weighted by molar-refractivity contribution is 0.378. The van der Waals surface area contributed by atoms with Crippen molar-refractivity contribution in [2.45, 2.75) is 32.6 Å². The van der Waals surface area contributed by atoms with Crippen molar-refractivity contribution in [3.8, 4) is 0 Å². The molecule has 3 heteroatoms. The van der Waals surface area contributed by atoms with Crippen LogP contribution < -0.4 is 4.90 Å². The van der Waals surface area contributed by atoms with Crippen LogP contribution in [0.3, 0.4) is 0 Å². The normalized spacial score (nSPS) is 17.5. The standard InChI is InChI=1S/C14H19F2N/c1-2-3-11-4-6-17(7-5-11)14-9-12(15)8-13(16)10-14/h8-11H,2-7H2,1H3. The third kappa shape index (κ3) is 3.18. The fraction of sp³-hybridized carbons (Fsp3) is 0.571. The maximum Gasteiger partial charge on any atom is 0.128 e. The van der Waals surface area contributed by atoms with Crippen molar-refractivity contribution in [2.24, 2.45) is 5.92 Å². The zero-order valence-corrected chi connectivity index (χ0v) is 10.3. The zero-order chi connectivity index (χ0) is 12.3. The van der Waals surface area contributed by atoms with Crippen molar-refractivity contribution in [1.29, 1.82) is 0 Å². The maximum absolute atomic E-state index is 13.1. The minimum absolute atomic E-state index is 0.490. The van der Waals surface area contributed by atoms with Crippen LogP contribution in [0.2, 0.25) is 0 Å². The molecule has 1 aliphatic heterocycles. The summed E-state index contributed by atoms with van der Waals surface area (Å²) in [6.45, 7) is 4.02. The lowest BCUT2D eigenvalue weighted by Crippen LogP contribution is -2.33. The summed E-state index contributed by atoms with van der Waals surface area (Å²) in [6.07, 6.45) is 4.75. The Hall–Kier alpha value is -1.12. The molecule has 0 N–H and O–H groups in total. The van der Waals surface area contributed by atoms with E-state index in [1.54, 1.807) is 0 Å². The van der Waals surface area contributed by atoms with Crippen LogP contribution in [-0.4, -0.2) is 13.1 Å². The van der Waals surface area contributed by atoms with E-state index in [0.717, 1.165) is 37.9 Å². The number of halogens is 2. The van der Waals surface area contributed by atoms with Crippen LogP contribution in [0.5, 0.6) is 0 Å². The van der Waals surface area contributed by atoms with E-state index >= 15 is 0 Å². The Kier molecular flexibility index (Phi) is 3.97. The van der Waals surface area contributed by atoms with E-state index in [4.69, 9.17) is 0 Å². The predicted octanol–water partition coefficient (Wildman–Crippen LogP) is 3.98. The Labute approximate surface area is 101 Å². The fourth-order valence-electron chi connectivity index (χ4n) is 2.61. The van der Waals surface area contributed by atoms with E-state index < -0.39 is 11.6 Å². The molecule has 0 radical (unpaired) electrons. The number of rotatable bonds is 3. The summed E-state index contributed by atoms with van der Waals surface area (Å²) in [5.74, 6) is -0.194. The molecule has 0 unspecified atom stereocenters. The predicted molar refractivity (Wildman–Crippen MR) is 66.2 cm³/mol. The van der Waals surface area contributed by atoms with Gasteiger partial charge in [0.05, 0.1) is 0 Å². The van der Waals surface area contributed by atoms with Crippen LogP contribution in [0.4, 0.5) is 14.5 Å². The summed E-state index contributed by atoms with van der Waals surface area (Å²) < 4.78 is 26.2. The van der Waals surface area contributed by atoms with Crippen molar-refractivity contribution < 1.29 is 8.78 Å². The van der Waals surface area contributed by atoms with Crippen LogP contribution in [0.15, 0.2) is 18.2 Å². The van der Waals surface area contributed by atoms with Gasteiger partial charge in [0.25, 0.3) is 0 Å². The van der Waals surface area contributed by atoms with Gasteiger partial charge in [0, 0.05) is 24.8 Å². The lowest BCUT2D eigenvalue weighted by Gasteiger charge is -2.33. The van der Waals surface area contributed by atoms with Gasteiger partial charge in [-0.2, -0.15) is 0 Å². The van der Waals surface area contributed by atoms with E-state index in [0.29, 0.717) is 5.69 Å². The molecule has 1 aromatic rings. The average molecular weight is 239 g/mol. The van der Waals surface area contributed by atoms with E-state index in [1.165, 1.54) is 25.0 Å². The molecule has 1 fully saturated rings. The number of nitrogens with zero attached hydrogens (tertiary/aromatic N) is 1. The Morgan fingerprint density at radius 1 is 1.12 bits per heavy atom. The Morgan fingerprint density at radius 2 is 1.71 bits per heavy atom. The number of hydrogen-bond donors (Lipinski definition) is 0.